The van der Waals surface area contributed by atoms with Gasteiger partial charge in [-0.2, -0.15) is 0 Å². The Kier molecular flexibility index (Phi) is 2.93. The second-order valence-electron chi connectivity index (χ2n) is 4.85. The molecule has 2 N–H and O–H groups in total. The van der Waals surface area contributed by atoms with Crippen molar-refractivity contribution in [3.8, 4) is 5.75 Å². The quantitative estimate of drug-likeness (QED) is 0.793. The molecule has 1 aliphatic rings. The van der Waals surface area contributed by atoms with Crippen LogP contribution in [-0.4, -0.2) is 5.11 Å². The molecule has 1 fully saturated rings. The zero-order valence-corrected chi connectivity index (χ0v) is 10.3. The molecule has 2 nitrogen and oxygen atoms in total. The molecule has 0 atom stereocenters. The van der Waals surface area contributed by atoms with Gasteiger partial charge in [-0.3, -0.25) is 0 Å². The first-order valence-electron chi connectivity index (χ1n) is 6.44. The Labute approximate surface area is 107 Å². The van der Waals surface area contributed by atoms with Crippen molar-refractivity contribution in [2.45, 2.75) is 25.3 Å². The summed E-state index contributed by atoms with van der Waals surface area (Å²) in [6, 6.07) is 16.0. The first-order valence-corrected chi connectivity index (χ1v) is 6.44. The number of phenols is 1. The van der Waals surface area contributed by atoms with Crippen molar-refractivity contribution in [3.63, 3.8) is 0 Å². The summed E-state index contributed by atoms with van der Waals surface area (Å²) in [5.74, 6) is 0.991. The Morgan fingerprint density at radius 2 is 1.78 bits per heavy atom. The summed E-state index contributed by atoms with van der Waals surface area (Å²) in [6.07, 6.45) is 2.48. The molecule has 3 rings (SSSR count). The van der Waals surface area contributed by atoms with Crippen LogP contribution in [0.15, 0.2) is 48.5 Å². The molecule has 0 aromatic heterocycles. The van der Waals surface area contributed by atoms with Crippen LogP contribution in [-0.2, 0) is 6.54 Å². The number of aromatic hydroxyl groups is 1. The Morgan fingerprint density at radius 1 is 1.00 bits per heavy atom. The van der Waals surface area contributed by atoms with Crippen LogP contribution >= 0.6 is 0 Å². The molecular weight excluding hydrogens is 222 g/mol. The third-order valence-corrected chi connectivity index (χ3v) is 3.40. The van der Waals surface area contributed by atoms with Gasteiger partial charge in [0.1, 0.15) is 5.75 Å². The molecule has 0 spiro atoms. The van der Waals surface area contributed by atoms with Crippen LogP contribution in [0, 0.1) is 0 Å². The number of benzene rings is 2. The summed E-state index contributed by atoms with van der Waals surface area (Å²) >= 11 is 0. The average molecular weight is 239 g/mol. The minimum absolute atomic E-state index is 0.357. The lowest BCUT2D eigenvalue weighted by molar-refractivity contribution is 0.476. The van der Waals surface area contributed by atoms with E-state index in [2.05, 4.69) is 23.5 Å². The summed E-state index contributed by atoms with van der Waals surface area (Å²) in [5, 5.41) is 13.4. The monoisotopic (exact) mass is 239 g/mol. The predicted molar refractivity (Wildman–Crippen MR) is 73.9 cm³/mol. The molecule has 0 radical (unpaired) electrons. The highest BCUT2D eigenvalue weighted by Gasteiger charge is 2.27. The normalized spacial score (nSPS) is 14.4. The zero-order valence-electron chi connectivity index (χ0n) is 10.3. The molecule has 92 valence electrons. The topological polar surface area (TPSA) is 32.3 Å². The molecule has 2 heteroatoms. The molecule has 0 saturated heterocycles. The number of hydrogen-bond acceptors (Lipinski definition) is 2. The van der Waals surface area contributed by atoms with Crippen molar-refractivity contribution < 1.29 is 5.11 Å². The Morgan fingerprint density at radius 3 is 2.50 bits per heavy atom. The van der Waals surface area contributed by atoms with Crippen molar-refractivity contribution >= 4 is 5.69 Å². The van der Waals surface area contributed by atoms with Crippen LogP contribution in [0.4, 0.5) is 5.69 Å². The van der Waals surface area contributed by atoms with E-state index in [0.29, 0.717) is 11.7 Å². The van der Waals surface area contributed by atoms with Crippen molar-refractivity contribution in [2.75, 3.05) is 5.32 Å². The third kappa shape index (κ3) is 2.33. The number of hydrogen-bond donors (Lipinski definition) is 2. The molecule has 0 heterocycles. The molecule has 0 unspecified atom stereocenters. The van der Waals surface area contributed by atoms with Crippen LogP contribution < -0.4 is 5.32 Å². The van der Waals surface area contributed by atoms with Gasteiger partial charge in [-0.25, -0.2) is 0 Å². The van der Waals surface area contributed by atoms with E-state index in [1.165, 1.54) is 24.0 Å². The first-order chi connectivity index (χ1) is 8.84. The summed E-state index contributed by atoms with van der Waals surface area (Å²) in [4.78, 5) is 0. The van der Waals surface area contributed by atoms with E-state index in [1.54, 1.807) is 6.07 Å². The molecular formula is C16H17NO. The molecule has 1 saturated carbocycles. The molecule has 0 aliphatic heterocycles. The van der Waals surface area contributed by atoms with E-state index in [0.717, 1.165) is 12.2 Å². The third-order valence-electron chi connectivity index (χ3n) is 3.40. The van der Waals surface area contributed by atoms with Gasteiger partial charge < -0.3 is 10.4 Å². The van der Waals surface area contributed by atoms with Gasteiger partial charge in [0.25, 0.3) is 0 Å². The fourth-order valence-corrected chi connectivity index (χ4v) is 2.27. The summed E-state index contributed by atoms with van der Waals surface area (Å²) in [5.41, 5.74) is 3.39. The minimum atomic E-state index is 0.357. The van der Waals surface area contributed by atoms with Gasteiger partial charge in [0.2, 0.25) is 0 Å². The van der Waals surface area contributed by atoms with Gasteiger partial charge in [0, 0.05) is 6.54 Å². The number of phenolic OH excluding ortho intramolecular Hbond substituents is 1. The van der Waals surface area contributed by atoms with Gasteiger partial charge in [-0.15, -0.1) is 0 Å². The van der Waals surface area contributed by atoms with Crippen LogP contribution in [0.3, 0.4) is 0 Å². The maximum Gasteiger partial charge on any atom is 0.138 e. The fraction of sp³-hybridized carbons (Fsp3) is 0.250. The molecule has 18 heavy (non-hydrogen) atoms. The Hall–Kier alpha value is -1.96. The van der Waals surface area contributed by atoms with Crippen molar-refractivity contribution in [3.05, 3.63) is 59.7 Å². The number of nitrogens with one attached hydrogen (secondary N) is 1. The molecule has 0 amide bonds. The van der Waals surface area contributed by atoms with Gasteiger partial charge in [-0.1, -0.05) is 42.5 Å². The summed E-state index contributed by atoms with van der Waals surface area (Å²) in [7, 11) is 0. The molecule has 1 aliphatic carbocycles. The van der Waals surface area contributed by atoms with E-state index in [-0.39, 0.29) is 0 Å². The fourth-order valence-electron chi connectivity index (χ4n) is 2.27. The first kappa shape index (κ1) is 11.1. The van der Waals surface area contributed by atoms with Gasteiger partial charge in [0.05, 0.1) is 5.69 Å². The standard InChI is InChI=1S/C16H17NO/c18-15-8-4-7-14(13-9-10-13)16(15)17-11-12-5-2-1-3-6-12/h1-8,13,17-18H,9-11H2. The van der Waals surface area contributed by atoms with Gasteiger partial charge in [0.15, 0.2) is 0 Å². The largest absolute Gasteiger partial charge is 0.506 e. The van der Waals surface area contributed by atoms with E-state index < -0.39 is 0 Å². The number of para-hydroxylation sites is 1. The SMILES string of the molecule is Oc1cccc(C2CC2)c1NCc1ccccc1. The van der Waals surface area contributed by atoms with Gasteiger partial charge >= 0.3 is 0 Å². The lowest BCUT2D eigenvalue weighted by atomic mass is 10.1. The second-order valence-corrected chi connectivity index (χ2v) is 4.85. The summed E-state index contributed by atoms with van der Waals surface area (Å²) in [6.45, 7) is 0.748. The van der Waals surface area contributed by atoms with Crippen LogP contribution in [0.25, 0.3) is 0 Å². The summed E-state index contributed by atoms with van der Waals surface area (Å²) < 4.78 is 0. The van der Waals surface area contributed by atoms with E-state index in [1.807, 2.05) is 24.3 Å². The van der Waals surface area contributed by atoms with Crippen LogP contribution in [0.2, 0.25) is 0 Å². The van der Waals surface area contributed by atoms with E-state index in [9.17, 15) is 5.11 Å². The van der Waals surface area contributed by atoms with Crippen LogP contribution in [0.1, 0.15) is 29.9 Å². The highest BCUT2D eigenvalue weighted by atomic mass is 16.3. The van der Waals surface area contributed by atoms with E-state index >= 15 is 0 Å². The highest BCUT2D eigenvalue weighted by Crippen LogP contribution is 2.45. The number of rotatable bonds is 4. The predicted octanol–water partition coefficient (Wildman–Crippen LogP) is 3.88. The average Bonchev–Trinajstić information content (AvgIpc) is 3.22. The van der Waals surface area contributed by atoms with Crippen LogP contribution in [0.5, 0.6) is 5.75 Å². The van der Waals surface area contributed by atoms with Gasteiger partial charge in [-0.05, 0) is 36.0 Å². The Bertz CT molecular complexity index is 532. The zero-order chi connectivity index (χ0) is 12.4. The van der Waals surface area contributed by atoms with Crippen molar-refractivity contribution in [2.24, 2.45) is 0 Å². The second kappa shape index (κ2) is 4.73. The lowest BCUT2D eigenvalue weighted by Gasteiger charge is -2.13. The maximum absolute atomic E-state index is 9.98. The maximum atomic E-state index is 9.98. The Balaban J connectivity index is 1.79. The number of anilines is 1. The molecule has 2 aromatic rings. The van der Waals surface area contributed by atoms with Crippen molar-refractivity contribution in [1.82, 2.24) is 0 Å². The highest BCUT2D eigenvalue weighted by molar-refractivity contribution is 5.63. The minimum Gasteiger partial charge on any atom is -0.506 e. The smallest absolute Gasteiger partial charge is 0.138 e. The molecule has 2 aromatic carbocycles. The lowest BCUT2D eigenvalue weighted by Crippen LogP contribution is -2.02. The van der Waals surface area contributed by atoms with Crippen molar-refractivity contribution in [1.29, 1.82) is 0 Å². The molecule has 0 bridgehead atoms. The van der Waals surface area contributed by atoms with E-state index in [4.69, 9.17) is 0 Å².